The van der Waals surface area contributed by atoms with Gasteiger partial charge in [0.25, 0.3) is 0 Å². The molecule has 2 aromatic carbocycles. The van der Waals surface area contributed by atoms with Gasteiger partial charge in [-0.3, -0.25) is 10.1 Å². The van der Waals surface area contributed by atoms with E-state index in [0.717, 1.165) is 0 Å². The fraction of sp³-hybridized carbons (Fsp3) is 0.143. The smallest absolute Gasteiger partial charge is 0.313 e. The topological polar surface area (TPSA) is 78.4 Å². The Morgan fingerprint density at radius 2 is 1.95 bits per heavy atom. The number of ether oxygens (including phenoxy) is 1. The normalized spacial score (nSPS) is 12.0. The van der Waals surface area contributed by atoms with Gasteiger partial charge in [-0.05, 0) is 37.3 Å². The second-order valence-electron chi connectivity index (χ2n) is 4.44. The summed E-state index contributed by atoms with van der Waals surface area (Å²) in [7, 11) is 0. The molecule has 0 bridgehead atoms. The number of nitro groups is 1. The van der Waals surface area contributed by atoms with Crippen LogP contribution in [0.1, 0.15) is 18.5 Å². The highest BCUT2D eigenvalue weighted by atomic mass is 35.5. The van der Waals surface area contributed by atoms with Crippen LogP contribution in [0.15, 0.2) is 36.4 Å². The first-order chi connectivity index (χ1) is 9.88. The average Bonchev–Trinajstić information content (AvgIpc) is 2.42. The molecule has 5 nitrogen and oxygen atoms in total. The molecule has 0 aliphatic carbocycles. The van der Waals surface area contributed by atoms with Crippen LogP contribution in [0.2, 0.25) is 5.02 Å². The molecule has 0 unspecified atom stereocenters. The summed E-state index contributed by atoms with van der Waals surface area (Å²) in [6, 6.07) is 7.37. The lowest BCUT2D eigenvalue weighted by Gasteiger charge is -2.14. The highest BCUT2D eigenvalue weighted by Crippen LogP contribution is 2.36. The molecule has 0 spiro atoms. The summed E-state index contributed by atoms with van der Waals surface area (Å²) in [4.78, 5) is 10.4. The largest absolute Gasteiger partial charge is 0.450 e. The summed E-state index contributed by atoms with van der Waals surface area (Å²) in [5.41, 5.74) is 5.90. The van der Waals surface area contributed by atoms with Crippen LogP contribution in [0.25, 0.3) is 0 Å². The van der Waals surface area contributed by atoms with Crippen LogP contribution < -0.4 is 10.5 Å². The van der Waals surface area contributed by atoms with Crippen molar-refractivity contribution >= 4 is 17.3 Å². The third-order valence-electron chi connectivity index (χ3n) is 2.80. The zero-order valence-corrected chi connectivity index (χ0v) is 11.8. The van der Waals surface area contributed by atoms with Gasteiger partial charge in [0.05, 0.1) is 4.92 Å². The maximum atomic E-state index is 13.3. The maximum absolute atomic E-state index is 13.3. The molecular formula is C14H12ClFN2O3. The molecule has 0 fully saturated rings. The predicted octanol–water partition coefficient (Wildman–Crippen LogP) is 4.20. The molecule has 7 heteroatoms. The summed E-state index contributed by atoms with van der Waals surface area (Å²) in [5, 5.41) is 11.2. The molecule has 0 amide bonds. The maximum Gasteiger partial charge on any atom is 0.313 e. The molecule has 2 rings (SSSR count). The van der Waals surface area contributed by atoms with Crippen molar-refractivity contribution in [1.29, 1.82) is 0 Å². The zero-order valence-electron chi connectivity index (χ0n) is 11.0. The van der Waals surface area contributed by atoms with Crippen molar-refractivity contribution in [3.63, 3.8) is 0 Å². The lowest BCUT2D eigenvalue weighted by atomic mass is 10.1. The van der Waals surface area contributed by atoms with Crippen molar-refractivity contribution in [2.45, 2.75) is 13.0 Å². The first-order valence-corrected chi connectivity index (χ1v) is 6.43. The fourth-order valence-electron chi connectivity index (χ4n) is 1.81. The fourth-order valence-corrected chi connectivity index (χ4v) is 1.97. The second kappa shape index (κ2) is 6.07. The number of halogens is 2. The third kappa shape index (κ3) is 3.48. The minimum Gasteiger partial charge on any atom is -0.450 e. The third-order valence-corrected chi connectivity index (χ3v) is 3.04. The molecule has 0 saturated heterocycles. The van der Waals surface area contributed by atoms with Gasteiger partial charge >= 0.3 is 5.69 Å². The van der Waals surface area contributed by atoms with E-state index in [1.54, 1.807) is 6.92 Å². The number of hydrogen-bond donors (Lipinski definition) is 1. The van der Waals surface area contributed by atoms with E-state index in [1.165, 1.54) is 36.4 Å². The van der Waals surface area contributed by atoms with E-state index in [1.807, 2.05) is 0 Å². The highest BCUT2D eigenvalue weighted by molar-refractivity contribution is 6.30. The first-order valence-electron chi connectivity index (χ1n) is 6.05. The van der Waals surface area contributed by atoms with E-state index in [9.17, 15) is 14.5 Å². The molecule has 0 heterocycles. The summed E-state index contributed by atoms with van der Waals surface area (Å²) in [6.07, 6.45) is 0. The van der Waals surface area contributed by atoms with Crippen molar-refractivity contribution in [2.75, 3.05) is 0 Å². The Morgan fingerprint density at radius 1 is 1.29 bits per heavy atom. The van der Waals surface area contributed by atoms with E-state index in [0.29, 0.717) is 5.56 Å². The van der Waals surface area contributed by atoms with E-state index in [4.69, 9.17) is 22.1 Å². The van der Waals surface area contributed by atoms with E-state index < -0.39 is 16.8 Å². The summed E-state index contributed by atoms with van der Waals surface area (Å²) < 4.78 is 18.8. The molecule has 21 heavy (non-hydrogen) atoms. The number of hydrogen-bond acceptors (Lipinski definition) is 4. The van der Waals surface area contributed by atoms with Gasteiger partial charge < -0.3 is 10.5 Å². The van der Waals surface area contributed by atoms with Crippen molar-refractivity contribution in [3.8, 4) is 11.5 Å². The quantitative estimate of drug-likeness (QED) is 0.678. The second-order valence-corrected chi connectivity index (χ2v) is 4.88. The van der Waals surface area contributed by atoms with Crippen molar-refractivity contribution in [2.24, 2.45) is 5.73 Å². The van der Waals surface area contributed by atoms with Crippen molar-refractivity contribution in [3.05, 3.63) is 62.9 Å². The Kier molecular flexibility index (Phi) is 4.40. The number of nitrogens with two attached hydrogens (primary N) is 1. The standard InChI is InChI=1S/C14H12ClFN2O3/c1-8(17)11-7-10(16)3-5-13(11)21-14-4-2-9(15)6-12(14)18(19)20/h2-8H,17H2,1H3/t8-/m1/s1. The first kappa shape index (κ1) is 15.2. The van der Waals surface area contributed by atoms with Crippen molar-refractivity contribution in [1.82, 2.24) is 0 Å². The van der Waals surface area contributed by atoms with E-state index in [2.05, 4.69) is 0 Å². The van der Waals surface area contributed by atoms with Gasteiger partial charge in [0.15, 0.2) is 0 Å². The van der Waals surface area contributed by atoms with Gasteiger partial charge in [-0.15, -0.1) is 0 Å². The van der Waals surface area contributed by atoms with Crippen LogP contribution in [0, 0.1) is 15.9 Å². The Hall–Kier alpha value is -2.18. The molecule has 0 aliphatic rings. The molecule has 1 atom stereocenters. The van der Waals surface area contributed by atoms with Gasteiger partial charge in [-0.1, -0.05) is 11.6 Å². The van der Waals surface area contributed by atoms with Crippen LogP contribution >= 0.6 is 11.6 Å². The zero-order chi connectivity index (χ0) is 15.6. The molecule has 0 saturated carbocycles. The van der Waals surface area contributed by atoms with Gasteiger partial charge in [0.1, 0.15) is 11.6 Å². The number of rotatable bonds is 4. The highest BCUT2D eigenvalue weighted by Gasteiger charge is 2.18. The van der Waals surface area contributed by atoms with Gasteiger partial charge in [-0.2, -0.15) is 0 Å². The minimum atomic E-state index is -0.601. The van der Waals surface area contributed by atoms with Gasteiger partial charge in [-0.25, -0.2) is 4.39 Å². The Labute approximate surface area is 125 Å². The van der Waals surface area contributed by atoms with Crippen LogP contribution in [-0.2, 0) is 0 Å². The number of benzene rings is 2. The lowest BCUT2D eigenvalue weighted by molar-refractivity contribution is -0.385. The van der Waals surface area contributed by atoms with Crippen LogP contribution in [0.3, 0.4) is 0 Å². The molecule has 2 N–H and O–H groups in total. The van der Waals surface area contributed by atoms with E-state index in [-0.39, 0.29) is 22.2 Å². The Morgan fingerprint density at radius 3 is 2.57 bits per heavy atom. The van der Waals surface area contributed by atoms with E-state index >= 15 is 0 Å². The number of nitrogens with zero attached hydrogens (tertiary/aromatic N) is 1. The molecule has 0 aliphatic heterocycles. The van der Waals surface area contributed by atoms with Crippen molar-refractivity contribution < 1.29 is 14.1 Å². The lowest BCUT2D eigenvalue weighted by Crippen LogP contribution is -2.07. The summed E-state index contributed by atoms with van der Waals surface area (Å²) in [5.74, 6) is -0.185. The average molecular weight is 311 g/mol. The molecule has 0 radical (unpaired) electrons. The van der Waals surface area contributed by atoms with Crippen LogP contribution in [-0.4, -0.2) is 4.92 Å². The van der Waals surface area contributed by atoms with Gasteiger partial charge in [0, 0.05) is 22.7 Å². The Balaban J connectivity index is 2.46. The molecule has 2 aromatic rings. The van der Waals surface area contributed by atoms with Crippen LogP contribution in [0.5, 0.6) is 11.5 Å². The Bertz CT molecular complexity index is 692. The molecular weight excluding hydrogens is 299 g/mol. The van der Waals surface area contributed by atoms with Crippen LogP contribution in [0.4, 0.5) is 10.1 Å². The summed E-state index contributed by atoms with van der Waals surface area (Å²) in [6.45, 7) is 1.66. The molecule has 110 valence electrons. The summed E-state index contributed by atoms with van der Waals surface area (Å²) >= 11 is 5.74. The predicted molar refractivity (Wildman–Crippen MR) is 77.2 cm³/mol. The van der Waals surface area contributed by atoms with Gasteiger partial charge in [0.2, 0.25) is 5.75 Å². The number of nitro benzene ring substituents is 1. The SMILES string of the molecule is C[C@@H](N)c1cc(F)ccc1Oc1ccc(Cl)cc1[N+](=O)[O-]. The minimum absolute atomic E-state index is 0.0120. The molecule has 0 aromatic heterocycles. The monoisotopic (exact) mass is 310 g/mol.